The minimum Gasteiger partial charge on any atom is -0.316 e. The number of fused-ring (bicyclic) bond motifs is 1. The van der Waals surface area contributed by atoms with E-state index >= 15 is 0 Å². The van der Waals surface area contributed by atoms with Crippen molar-refractivity contribution in [3.8, 4) is 0 Å². The first kappa shape index (κ1) is 10.1. The van der Waals surface area contributed by atoms with Gasteiger partial charge >= 0.3 is 0 Å². The fourth-order valence-corrected chi connectivity index (χ4v) is 4.32. The monoisotopic (exact) mass is 233 g/mol. The van der Waals surface area contributed by atoms with Crippen LogP contribution >= 0.6 is 11.3 Å². The largest absolute Gasteiger partial charge is 0.316 e. The lowest BCUT2D eigenvalue weighted by Crippen LogP contribution is -2.16. The third kappa shape index (κ3) is 1.98. The molecule has 1 aromatic heterocycles. The SMILES string of the molecule is O=S1(=O)CCc2sc(CNO)cc2C1. The van der Waals surface area contributed by atoms with E-state index < -0.39 is 9.84 Å². The first-order valence-electron chi connectivity index (χ1n) is 4.28. The molecule has 0 radical (unpaired) electrons. The maximum atomic E-state index is 11.3. The average Bonchev–Trinajstić information content (AvgIpc) is 2.45. The smallest absolute Gasteiger partial charge is 0.154 e. The van der Waals surface area contributed by atoms with E-state index in [2.05, 4.69) is 5.48 Å². The molecule has 0 aliphatic carbocycles. The summed E-state index contributed by atoms with van der Waals surface area (Å²) in [4.78, 5) is 2.12. The van der Waals surface area contributed by atoms with Gasteiger partial charge in [0.05, 0.1) is 18.1 Å². The number of hydroxylamine groups is 1. The van der Waals surface area contributed by atoms with Crippen LogP contribution in [0, 0.1) is 0 Å². The molecule has 0 amide bonds. The van der Waals surface area contributed by atoms with Crippen LogP contribution in [-0.2, 0) is 28.6 Å². The van der Waals surface area contributed by atoms with E-state index in [0.29, 0.717) is 13.0 Å². The maximum absolute atomic E-state index is 11.3. The molecule has 6 heteroatoms. The van der Waals surface area contributed by atoms with Crippen molar-refractivity contribution in [2.45, 2.75) is 18.7 Å². The van der Waals surface area contributed by atoms with Crippen molar-refractivity contribution in [1.29, 1.82) is 0 Å². The molecule has 14 heavy (non-hydrogen) atoms. The lowest BCUT2D eigenvalue weighted by molar-refractivity contribution is 0.162. The van der Waals surface area contributed by atoms with Crippen LogP contribution in [0.4, 0.5) is 0 Å². The van der Waals surface area contributed by atoms with Crippen LogP contribution in [0.1, 0.15) is 15.3 Å². The number of hydrogen-bond donors (Lipinski definition) is 2. The topological polar surface area (TPSA) is 66.4 Å². The number of aryl methyl sites for hydroxylation is 1. The molecule has 2 N–H and O–H groups in total. The van der Waals surface area contributed by atoms with Crippen molar-refractivity contribution in [2.75, 3.05) is 5.75 Å². The Kier molecular flexibility index (Phi) is 2.61. The predicted molar refractivity (Wildman–Crippen MR) is 54.1 cm³/mol. The Balaban J connectivity index is 2.30. The van der Waals surface area contributed by atoms with Gasteiger partial charge in [0, 0.05) is 9.75 Å². The summed E-state index contributed by atoms with van der Waals surface area (Å²) in [5, 5.41) is 8.52. The van der Waals surface area contributed by atoms with E-state index in [4.69, 9.17) is 5.21 Å². The zero-order valence-corrected chi connectivity index (χ0v) is 9.12. The van der Waals surface area contributed by atoms with Crippen molar-refractivity contribution >= 4 is 21.2 Å². The van der Waals surface area contributed by atoms with Gasteiger partial charge in [-0.25, -0.2) is 13.9 Å². The molecule has 2 heterocycles. The molecule has 0 spiro atoms. The number of thiophene rings is 1. The molecular formula is C8H11NO3S2. The quantitative estimate of drug-likeness (QED) is 0.738. The van der Waals surface area contributed by atoms with E-state index in [1.807, 2.05) is 6.07 Å². The highest BCUT2D eigenvalue weighted by molar-refractivity contribution is 7.90. The number of nitrogens with one attached hydrogen (secondary N) is 1. The van der Waals surface area contributed by atoms with Crippen LogP contribution in [0.2, 0.25) is 0 Å². The number of rotatable bonds is 2. The maximum Gasteiger partial charge on any atom is 0.154 e. The van der Waals surface area contributed by atoms with E-state index in [9.17, 15) is 8.42 Å². The van der Waals surface area contributed by atoms with Gasteiger partial charge in [-0.15, -0.1) is 11.3 Å². The van der Waals surface area contributed by atoms with Crippen LogP contribution < -0.4 is 5.48 Å². The van der Waals surface area contributed by atoms with E-state index in [0.717, 1.165) is 15.3 Å². The Bertz CT molecular complexity index is 435. The Labute approximate surface area is 86.4 Å². The lowest BCUT2D eigenvalue weighted by atomic mass is 10.2. The van der Waals surface area contributed by atoms with Gasteiger partial charge in [-0.05, 0) is 18.1 Å². The molecule has 0 bridgehead atoms. The molecule has 0 aromatic carbocycles. The normalized spacial score (nSPS) is 19.2. The first-order valence-corrected chi connectivity index (χ1v) is 6.92. The predicted octanol–water partition coefficient (Wildman–Crippen LogP) is 0.698. The van der Waals surface area contributed by atoms with E-state index in [1.54, 1.807) is 11.3 Å². The zero-order chi connectivity index (χ0) is 10.2. The van der Waals surface area contributed by atoms with Gasteiger partial charge in [0.2, 0.25) is 0 Å². The number of sulfone groups is 1. The van der Waals surface area contributed by atoms with Gasteiger partial charge in [-0.2, -0.15) is 0 Å². The van der Waals surface area contributed by atoms with Crippen LogP contribution in [0.3, 0.4) is 0 Å². The molecule has 0 saturated heterocycles. The summed E-state index contributed by atoms with van der Waals surface area (Å²) in [6, 6.07) is 1.86. The highest BCUT2D eigenvalue weighted by Crippen LogP contribution is 2.29. The summed E-state index contributed by atoms with van der Waals surface area (Å²) >= 11 is 1.57. The third-order valence-corrected chi connectivity index (χ3v) is 5.03. The van der Waals surface area contributed by atoms with Crippen LogP contribution in [0.5, 0.6) is 0 Å². The van der Waals surface area contributed by atoms with Gasteiger partial charge < -0.3 is 5.21 Å². The molecule has 78 valence electrons. The minimum absolute atomic E-state index is 0.157. The van der Waals surface area contributed by atoms with Gasteiger partial charge in [0.15, 0.2) is 9.84 Å². The highest BCUT2D eigenvalue weighted by Gasteiger charge is 2.23. The van der Waals surface area contributed by atoms with Gasteiger partial charge in [0.25, 0.3) is 0 Å². The van der Waals surface area contributed by atoms with Crippen molar-refractivity contribution in [2.24, 2.45) is 0 Å². The van der Waals surface area contributed by atoms with Crippen molar-refractivity contribution in [3.63, 3.8) is 0 Å². The van der Waals surface area contributed by atoms with Gasteiger partial charge in [-0.1, -0.05) is 0 Å². The summed E-state index contributed by atoms with van der Waals surface area (Å²) in [7, 11) is -2.87. The molecule has 0 atom stereocenters. The van der Waals surface area contributed by atoms with E-state index in [1.165, 1.54) is 0 Å². The molecule has 0 unspecified atom stereocenters. The van der Waals surface area contributed by atoms with Crippen molar-refractivity contribution in [1.82, 2.24) is 5.48 Å². The second-order valence-electron chi connectivity index (χ2n) is 3.34. The molecule has 4 nitrogen and oxygen atoms in total. The summed E-state index contributed by atoms with van der Waals surface area (Å²) in [6.07, 6.45) is 0.619. The second-order valence-corrected chi connectivity index (χ2v) is 6.74. The summed E-state index contributed by atoms with van der Waals surface area (Å²) in [5.74, 6) is 0.413. The molecule has 1 aliphatic heterocycles. The fourth-order valence-electron chi connectivity index (χ4n) is 1.58. The standard InChI is InChI=1S/C8H11NO3S2/c10-9-4-7-3-6-5-14(11,12)2-1-8(6)13-7/h3,9-10H,1-2,4-5H2. The van der Waals surface area contributed by atoms with Crippen molar-refractivity contribution < 1.29 is 13.6 Å². The summed E-state index contributed by atoms with van der Waals surface area (Å²) in [6.45, 7) is 0.387. The molecule has 2 rings (SSSR count). The van der Waals surface area contributed by atoms with Gasteiger partial charge in [0.1, 0.15) is 0 Å². The minimum atomic E-state index is -2.87. The molecule has 0 saturated carbocycles. The Hall–Kier alpha value is -0.430. The van der Waals surface area contributed by atoms with Crippen LogP contribution in [0.25, 0.3) is 0 Å². The second kappa shape index (κ2) is 3.62. The van der Waals surface area contributed by atoms with Gasteiger partial charge in [-0.3, -0.25) is 0 Å². The zero-order valence-electron chi connectivity index (χ0n) is 7.49. The average molecular weight is 233 g/mol. The van der Waals surface area contributed by atoms with Crippen LogP contribution in [0.15, 0.2) is 6.07 Å². The third-order valence-electron chi connectivity index (χ3n) is 2.22. The highest BCUT2D eigenvalue weighted by atomic mass is 32.2. The first-order chi connectivity index (χ1) is 6.61. The Morgan fingerprint density at radius 1 is 1.57 bits per heavy atom. The van der Waals surface area contributed by atoms with Crippen LogP contribution in [-0.4, -0.2) is 19.4 Å². The Morgan fingerprint density at radius 2 is 2.36 bits per heavy atom. The van der Waals surface area contributed by atoms with E-state index in [-0.39, 0.29) is 11.5 Å². The Morgan fingerprint density at radius 3 is 3.07 bits per heavy atom. The fraction of sp³-hybridized carbons (Fsp3) is 0.500. The lowest BCUT2D eigenvalue weighted by Gasteiger charge is -2.10. The van der Waals surface area contributed by atoms with Crippen molar-refractivity contribution in [3.05, 3.63) is 21.4 Å². The molecule has 1 aliphatic rings. The molecular weight excluding hydrogens is 222 g/mol. The summed E-state index contributed by atoms with van der Waals surface area (Å²) < 4.78 is 22.6. The summed E-state index contributed by atoms with van der Waals surface area (Å²) in [5.41, 5.74) is 2.98. The molecule has 0 fully saturated rings. The molecule has 1 aromatic rings. The number of hydrogen-bond acceptors (Lipinski definition) is 5.